The molecule has 2 aliphatic heterocycles. The van der Waals surface area contributed by atoms with Gasteiger partial charge in [-0.3, -0.25) is 9.89 Å². The molecule has 2 fully saturated rings. The Labute approximate surface area is 254 Å². The number of carbonyl (C=O) groups excluding carboxylic acids is 1. The molecule has 1 amide bonds. The molecule has 2 aromatic carbocycles. The van der Waals surface area contributed by atoms with Crippen LogP contribution >= 0.6 is 11.6 Å². The lowest BCUT2D eigenvalue weighted by molar-refractivity contribution is -0.128. The number of likely N-dealkylation sites (N-methyl/N-ethyl adjacent to an activating group) is 1. The van der Waals surface area contributed by atoms with Crippen molar-refractivity contribution in [2.24, 2.45) is 0 Å². The number of aromatic nitrogens is 4. The highest BCUT2D eigenvalue weighted by Gasteiger charge is 2.36. The highest BCUT2D eigenvalue weighted by Crippen LogP contribution is 2.43. The van der Waals surface area contributed by atoms with Gasteiger partial charge in [0.05, 0.1) is 10.5 Å². The summed E-state index contributed by atoms with van der Waals surface area (Å²) >= 11 is 6.92. The molecule has 10 nitrogen and oxygen atoms in total. The van der Waals surface area contributed by atoms with Gasteiger partial charge in [0.25, 0.3) is 0 Å². The number of aromatic amines is 1. The van der Waals surface area contributed by atoms with Crippen LogP contribution in [0.3, 0.4) is 0 Å². The molecule has 0 saturated carbocycles. The van der Waals surface area contributed by atoms with E-state index in [-0.39, 0.29) is 39.8 Å². The maximum absolute atomic E-state index is 17.0. The van der Waals surface area contributed by atoms with Crippen LogP contribution in [0.15, 0.2) is 30.9 Å². The summed E-state index contributed by atoms with van der Waals surface area (Å²) in [7, 11) is 4.06. The minimum atomic E-state index is -0.584. The number of hydrogen-bond donors (Lipinski definition) is 1. The lowest BCUT2D eigenvalue weighted by Crippen LogP contribution is -2.59. The first-order valence-corrected chi connectivity index (χ1v) is 14.6. The molecule has 222 valence electrons. The van der Waals surface area contributed by atoms with E-state index < -0.39 is 5.82 Å². The minimum absolute atomic E-state index is 0.112. The van der Waals surface area contributed by atoms with Gasteiger partial charge in [-0.25, -0.2) is 9.37 Å². The van der Waals surface area contributed by atoms with Crippen molar-refractivity contribution in [3.63, 3.8) is 0 Å². The number of piperazine rings is 1. The van der Waals surface area contributed by atoms with Gasteiger partial charge in [-0.2, -0.15) is 15.3 Å². The van der Waals surface area contributed by atoms with Gasteiger partial charge in [-0.15, -0.1) is 0 Å². The third kappa shape index (κ3) is 4.65. The first-order valence-electron chi connectivity index (χ1n) is 14.2. The van der Waals surface area contributed by atoms with Crippen LogP contribution in [0.1, 0.15) is 25.1 Å². The Morgan fingerprint density at radius 2 is 1.93 bits per heavy atom. The van der Waals surface area contributed by atoms with Crippen molar-refractivity contribution in [1.82, 2.24) is 30.0 Å². The number of anilines is 2. The van der Waals surface area contributed by atoms with E-state index in [0.717, 1.165) is 5.56 Å². The predicted octanol–water partition coefficient (Wildman–Crippen LogP) is 4.51. The van der Waals surface area contributed by atoms with Gasteiger partial charge >= 0.3 is 0 Å². The van der Waals surface area contributed by atoms with Gasteiger partial charge in [0.2, 0.25) is 11.9 Å². The number of nitriles is 1. The van der Waals surface area contributed by atoms with Crippen LogP contribution in [0, 0.1) is 24.1 Å². The largest absolute Gasteiger partial charge is 0.349 e. The topological polar surface area (TPSA) is 108 Å². The predicted molar refractivity (Wildman–Crippen MR) is 167 cm³/mol. The molecular weight excluding hydrogens is 569 g/mol. The maximum Gasteiger partial charge on any atom is 0.246 e. The van der Waals surface area contributed by atoms with E-state index in [2.05, 4.69) is 32.6 Å². The zero-order chi connectivity index (χ0) is 30.7. The van der Waals surface area contributed by atoms with E-state index in [1.165, 1.54) is 6.08 Å². The van der Waals surface area contributed by atoms with E-state index in [1.54, 1.807) is 11.0 Å². The maximum atomic E-state index is 17.0. The molecule has 2 atom stereocenters. The smallest absolute Gasteiger partial charge is 0.246 e. The quantitative estimate of drug-likeness (QED) is 0.333. The Morgan fingerprint density at radius 1 is 1.19 bits per heavy atom. The van der Waals surface area contributed by atoms with Gasteiger partial charge in [-0.05, 0) is 58.6 Å². The number of H-pyrrole nitrogens is 1. The van der Waals surface area contributed by atoms with E-state index in [0.29, 0.717) is 65.8 Å². The lowest BCUT2D eigenvalue weighted by atomic mass is 9.94. The van der Waals surface area contributed by atoms with Gasteiger partial charge < -0.3 is 19.6 Å². The Morgan fingerprint density at radius 3 is 2.60 bits per heavy atom. The average Bonchev–Trinajstić information content (AvgIpc) is 3.37. The molecule has 0 aliphatic carbocycles. The van der Waals surface area contributed by atoms with Gasteiger partial charge in [0.15, 0.2) is 11.5 Å². The fourth-order valence-corrected chi connectivity index (χ4v) is 6.46. The third-order valence-electron chi connectivity index (χ3n) is 8.74. The van der Waals surface area contributed by atoms with Crippen molar-refractivity contribution in [2.75, 3.05) is 50.1 Å². The number of nitrogens with zero attached hydrogens (tertiary/aromatic N) is 8. The van der Waals surface area contributed by atoms with Crippen LogP contribution in [0.25, 0.3) is 32.9 Å². The number of amides is 1. The summed E-state index contributed by atoms with van der Waals surface area (Å²) in [5.74, 6) is 0.301. The van der Waals surface area contributed by atoms with E-state index in [9.17, 15) is 10.1 Å². The van der Waals surface area contributed by atoms with Crippen LogP contribution in [-0.2, 0) is 4.79 Å². The third-order valence-corrected chi connectivity index (χ3v) is 9.03. The van der Waals surface area contributed by atoms with Crippen molar-refractivity contribution >= 4 is 51.1 Å². The molecule has 12 heteroatoms. The summed E-state index contributed by atoms with van der Waals surface area (Å²) in [6.45, 7) is 11.9. The number of benzene rings is 2. The normalized spacial score (nSPS) is 19.3. The molecule has 1 N–H and O–H groups in total. The molecule has 2 saturated heterocycles. The number of fused-ring (bicyclic) bond motifs is 2. The minimum Gasteiger partial charge on any atom is -0.349 e. The van der Waals surface area contributed by atoms with Crippen molar-refractivity contribution < 1.29 is 9.18 Å². The van der Waals surface area contributed by atoms with E-state index in [4.69, 9.17) is 21.6 Å². The second kappa shape index (κ2) is 10.8. The molecule has 2 aromatic heterocycles. The summed E-state index contributed by atoms with van der Waals surface area (Å²) < 4.78 is 17.0. The van der Waals surface area contributed by atoms with E-state index >= 15 is 4.39 Å². The fraction of sp³-hybridized carbons (Fsp3) is 0.387. The Kier molecular flexibility index (Phi) is 7.22. The molecule has 0 bridgehead atoms. The Bertz CT molecular complexity index is 1820. The highest BCUT2D eigenvalue weighted by atomic mass is 35.5. The molecule has 2 aliphatic rings. The number of aryl methyl sites for hydroxylation is 1. The SMILES string of the molecule is C=CC(=O)N1C[C@H](C)N(c2nc(N3CC(N(C)C)C3)nc3c(F)c(-c4c(C)ccc5[nH]nc(C#N)c45)c(Cl)cc23)CC1C. The van der Waals surface area contributed by atoms with Crippen LogP contribution in [0.2, 0.25) is 5.02 Å². The first kappa shape index (κ1) is 28.8. The zero-order valence-electron chi connectivity index (χ0n) is 24.8. The lowest BCUT2D eigenvalue weighted by Gasteiger charge is -2.45. The number of nitrogens with one attached hydrogen (secondary N) is 1. The Balaban J connectivity index is 1.57. The van der Waals surface area contributed by atoms with Crippen molar-refractivity contribution in [1.29, 1.82) is 5.26 Å². The van der Waals surface area contributed by atoms with Gasteiger partial charge in [0.1, 0.15) is 17.4 Å². The summed E-state index contributed by atoms with van der Waals surface area (Å²) in [4.78, 5) is 30.4. The fourth-order valence-electron chi connectivity index (χ4n) is 6.17. The standard InChI is InChI=1S/C31H33ClFN9O/c1-7-24(43)41-12-18(4)42(13-17(41)3)30-20-10-21(32)26(25-16(2)8-9-22-27(25)23(11-34)38-37-22)28(33)29(20)35-31(36-30)40-14-19(15-40)39(5)6/h7-10,17-19H,1,12-15H2,2-6H3,(H,37,38)/t17?,18-/m0/s1. The molecule has 0 radical (unpaired) electrons. The number of rotatable bonds is 5. The van der Waals surface area contributed by atoms with Crippen LogP contribution < -0.4 is 9.80 Å². The second-order valence-corrected chi connectivity index (χ2v) is 12.1. The molecule has 4 aromatic rings. The van der Waals surface area contributed by atoms with Gasteiger partial charge in [0, 0.05) is 66.2 Å². The summed E-state index contributed by atoms with van der Waals surface area (Å²) in [6, 6.07) is 7.60. The summed E-state index contributed by atoms with van der Waals surface area (Å²) in [5, 5.41) is 17.9. The van der Waals surface area contributed by atoms with Gasteiger partial charge in [-0.1, -0.05) is 24.2 Å². The summed E-state index contributed by atoms with van der Waals surface area (Å²) in [6.07, 6.45) is 1.33. The van der Waals surface area contributed by atoms with Crippen LogP contribution in [0.4, 0.5) is 16.2 Å². The van der Waals surface area contributed by atoms with Crippen molar-refractivity contribution in [2.45, 2.75) is 38.9 Å². The average molecular weight is 602 g/mol. The molecular formula is C31H33ClFN9O. The number of carbonyl (C=O) groups is 1. The molecule has 4 heterocycles. The number of halogens is 2. The molecule has 43 heavy (non-hydrogen) atoms. The number of hydrogen-bond acceptors (Lipinski definition) is 8. The van der Waals surface area contributed by atoms with E-state index in [1.807, 2.05) is 51.9 Å². The van der Waals surface area contributed by atoms with Crippen LogP contribution in [-0.4, -0.2) is 94.3 Å². The van der Waals surface area contributed by atoms with Crippen LogP contribution in [0.5, 0.6) is 0 Å². The van der Waals surface area contributed by atoms with Crippen molar-refractivity contribution in [3.8, 4) is 17.2 Å². The second-order valence-electron chi connectivity index (χ2n) is 11.7. The van der Waals surface area contributed by atoms with Crippen molar-refractivity contribution in [3.05, 3.63) is 53.0 Å². The molecule has 0 spiro atoms. The summed E-state index contributed by atoms with van der Waals surface area (Å²) in [5.41, 5.74) is 2.35. The zero-order valence-corrected chi connectivity index (χ0v) is 25.6. The molecule has 1 unspecified atom stereocenters. The first-order chi connectivity index (χ1) is 20.5. The highest BCUT2D eigenvalue weighted by molar-refractivity contribution is 6.35. The monoisotopic (exact) mass is 601 g/mol. The Hall–Kier alpha value is -4.27. The molecule has 6 rings (SSSR count).